The molecule has 0 atom stereocenters. The average Bonchev–Trinajstić information content (AvgIpc) is 3.21. The van der Waals surface area contributed by atoms with Crippen molar-refractivity contribution in [2.45, 2.75) is 23.0 Å². The fraction of sp³-hybridized carbons (Fsp3) is 0.421. The second-order valence-corrected chi connectivity index (χ2v) is 8.17. The summed E-state index contributed by atoms with van der Waals surface area (Å²) >= 11 is 2.77. The second kappa shape index (κ2) is 10.0. The van der Waals surface area contributed by atoms with E-state index in [-0.39, 0.29) is 17.2 Å². The lowest BCUT2D eigenvalue weighted by Gasteiger charge is -2.14. The van der Waals surface area contributed by atoms with Crippen LogP contribution >= 0.6 is 23.5 Å². The molecule has 0 unspecified atom stereocenters. The van der Waals surface area contributed by atoms with Crippen molar-refractivity contribution >= 4 is 35.1 Å². The minimum absolute atomic E-state index is 0.0609. The van der Waals surface area contributed by atoms with Crippen molar-refractivity contribution < 1.29 is 19.0 Å². The Bertz CT molecular complexity index is 948. The predicted molar refractivity (Wildman–Crippen MR) is 114 cm³/mol. The number of aromatic nitrogens is 2. The normalized spacial score (nSPS) is 12.5. The van der Waals surface area contributed by atoms with E-state index in [1.807, 2.05) is 0 Å². The van der Waals surface area contributed by atoms with Gasteiger partial charge in [-0.15, -0.1) is 11.8 Å². The van der Waals surface area contributed by atoms with E-state index in [9.17, 15) is 9.59 Å². The number of hydrogen-bond donors (Lipinski definition) is 1. The summed E-state index contributed by atoms with van der Waals surface area (Å²) < 4.78 is 17.2. The number of fused-ring (bicyclic) bond motifs is 1. The largest absolute Gasteiger partial charge is 0.497 e. The quantitative estimate of drug-likeness (QED) is 0.472. The van der Waals surface area contributed by atoms with E-state index in [0.717, 1.165) is 17.9 Å². The van der Waals surface area contributed by atoms with Crippen LogP contribution in [0, 0.1) is 0 Å². The van der Waals surface area contributed by atoms with E-state index in [2.05, 4.69) is 10.3 Å². The minimum Gasteiger partial charge on any atom is -0.497 e. The van der Waals surface area contributed by atoms with E-state index in [1.54, 1.807) is 37.0 Å². The van der Waals surface area contributed by atoms with Gasteiger partial charge in [-0.1, -0.05) is 11.8 Å². The maximum absolute atomic E-state index is 12.8. The molecule has 0 aliphatic carbocycles. The topological polar surface area (TPSA) is 91.7 Å². The molecule has 1 aliphatic heterocycles. The zero-order valence-electron chi connectivity index (χ0n) is 16.5. The predicted octanol–water partition coefficient (Wildman–Crippen LogP) is 2.29. The van der Waals surface area contributed by atoms with Gasteiger partial charge < -0.3 is 19.5 Å². The molecule has 0 fully saturated rings. The van der Waals surface area contributed by atoms with Crippen LogP contribution in [0.3, 0.4) is 0 Å². The smallest absolute Gasteiger partial charge is 0.268 e. The van der Waals surface area contributed by atoms with Gasteiger partial charge in [-0.25, -0.2) is 4.98 Å². The van der Waals surface area contributed by atoms with Crippen molar-refractivity contribution in [1.82, 2.24) is 9.55 Å². The van der Waals surface area contributed by atoms with Gasteiger partial charge in [0.25, 0.3) is 5.56 Å². The highest BCUT2D eigenvalue weighted by atomic mass is 32.2. The van der Waals surface area contributed by atoms with Crippen LogP contribution in [0.4, 0.5) is 5.69 Å². The molecule has 3 rings (SSSR count). The van der Waals surface area contributed by atoms with Crippen LogP contribution in [0.2, 0.25) is 0 Å². The number of carbonyl (C=O) groups excluding carboxylic acids is 1. The number of methoxy groups -OCH3 is 3. The summed E-state index contributed by atoms with van der Waals surface area (Å²) in [6.45, 7) is 0.792. The molecule has 2 aromatic rings. The molecule has 0 radical (unpaired) electrons. The zero-order valence-corrected chi connectivity index (χ0v) is 18.2. The molecule has 0 saturated heterocycles. The molecule has 1 aromatic heterocycles. The molecule has 1 aromatic carbocycles. The summed E-state index contributed by atoms with van der Waals surface area (Å²) in [5.74, 6) is 1.89. The van der Waals surface area contributed by atoms with Crippen molar-refractivity contribution in [1.29, 1.82) is 0 Å². The first-order valence-corrected chi connectivity index (χ1v) is 10.9. The number of nitrogens with one attached hydrogen (secondary N) is 1. The van der Waals surface area contributed by atoms with Crippen LogP contribution in [-0.2, 0) is 22.5 Å². The van der Waals surface area contributed by atoms with Crippen LogP contribution in [0.5, 0.6) is 11.5 Å². The molecule has 10 heteroatoms. The zero-order chi connectivity index (χ0) is 20.8. The lowest BCUT2D eigenvalue weighted by atomic mass is 10.2. The molecule has 8 nitrogen and oxygen atoms in total. The average molecular weight is 438 g/mol. The summed E-state index contributed by atoms with van der Waals surface area (Å²) in [4.78, 5) is 30.6. The number of nitrogens with zero attached hydrogens (tertiary/aromatic N) is 2. The number of benzene rings is 1. The lowest BCUT2D eigenvalue weighted by molar-refractivity contribution is -0.113. The Morgan fingerprint density at radius 1 is 1.31 bits per heavy atom. The number of anilines is 1. The van der Waals surface area contributed by atoms with Gasteiger partial charge in [0.05, 0.1) is 49.4 Å². The maximum atomic E-state index is 12.8. The Balaban J connectivity index is 1.73. The number of carbonyl (C=O) groups is 1. The van der Waals surface area contributed by atoms with Crippen LogP contribution in [0.25, 0.3) is 0 Å². The second-order valence-electron chi connectivity index (χ2n) is 6.12. The van der Waals surface area contributed by atoms with Gasteiger partial charge in [0.2, 0.25) is 5.91 Å². The molecule has 0 saturated carbocycles. The van der Waals surface area contributed by atoms with Crippen molar-refractivity contribution in [2.24, 2.45) is 0 Å². The monoisotopic (exact) mass is 437 g/mol. The summed E-state index contributed by atoms with van der Waals surface area (Å²) in [5.41, 5.74) is 1.30. The Morgan fingerprint density at radius 3 is 2.86 bits per heavy atom. The Kier molecular flexibility index (Phi) is 7.45. The first-order chi connectivity index (χ1) is 14.1. The van der Waals surface area contributed by atoms with Gasteiger partial charge in [0.15, 0.2) is 5.16 Å². The van der Waals surface area contributed by atoms with Gasteiger partial charge in [0, 0.05) is 25.3 Å². The Labute approximate surface area is 177 Å². The molecule has 1 aliphatic rings. The number of rotatable bonds is 9. The maximum Gasteiger partial charge on any atom is 0.268 e. The number of ether oxygens (including phenoxy) is 3. The van der Waals surface area contributed by atoms with Gasteiger partial charge in [-0.05, 0) is 12.1 Å². The van der Waals surface area contributed by atoms with Crippen LogP contribution in [0.15, 0.2) is 33.0 Å². The lowest BCUT2D eigenvalue weighted by Crippen LogP contribution is -2.27. The molecule has 0 bridgehead atoms. The Morgan fingerprint density at radius 2 is 2.14 bits per heavy atom. The molecular formula is C19H23N3O5S2. The third-order valence-electron chi connectivity index (χ3n) is 4.28. The van der Waals surface area contributed by atoms with E-state index >= 15 is 0 Å². The number of thioether (sulfide) groups is 2. The number of aryl methyl sites for hydroxylation is 1. The summed E-state index contributed by atoms with van der Waals surface area (Å²) in [5, 5.41) is 3.36. The standard InChI is InChI=1S/C19H23N3O5S2/c1-25-8-7-22-18(24)17-14(6-9-28-17)21-19(22)29-11-16(23)20-13-5-4-12(26-2)10-15(13)27-3/h4-5,10H,6-9,11H2,1-3H3,(H,20,23). The van der Waals surface area contributed by atoms with E-state index < -0.39 is 0 Å². The summed E-state index contributed by atoms with van der Waals surface area (Å²) in [6.07, 6.45) is 0.767. The number of amides is 1. The molecule has 1 amide bonds. The fourth-order valence-electron chi connectivity index (χ4n) is 2.83. The molecule has 1 N–H and O–H groups in total. The molecule has 156 valence electrons. The molecule has 29 heavy (non-hydrogen) atoms. The Hall–Kier alpha value is -2.17. The molecule has 0 spiro atoms. The highest BCUT2D eigenvalue weighted by Crippen LogP contribution is 2.30. The SMILES string of the molecule is COCCn1c(SCC(=O)Nc2ccc(OC)cc2OC)nc2c(c1=O)SCC2. The number of hydrogen-bond acceptors (Lipinski definition) is 8. The molecule has 2 heterocycles. The first kappa shape index (κ1) is 21.5. The van der Waals surface area contributed by atoms with E-state index in [4.69, 9.17) is 14.2 Å². The summed E-state index contributed by atoms with van der Waals surface area (Å²) in [6, 6.07) is 5.16. The highest BCUT2D eigenvalue weighted by Gasteiger charge is 2.22. The van der Waals surface area contributed by atoms with E-state index in [0.29, 0.717) is 40.4 Å². The minimum atomic E-state index is -0.221. The van der Waals surface area contributed by atoms with Crippen molar-refractivity contribution in [3.8, 4) is 11.5 Å². The van der Waals surface area contributed by atoms with Crippen molar-refractivity contribution in [3.63, 3.8) is 0 Å². The van der Waals surface area contributed by atoms with E-state index in [1.165, 1.54) is 30.6 Å². The van der Waals surface area contributed by atoms with Crippen molar-refractivity contribution in [2.75, 3.05) is 44.8 Å². The third-order valence-corrected chi connectivity index (χ3v) is 6.37. The summed E-state index contributed by atoms with van der Waals surface area (Å²) in [7, 11) is 4.68. The van der Waals surface area contributed by atoms with Crippen LogP contribution < -0.4 is 20.3 Å². The fourth-order valence-corrected chi connectivity index (χ4v) is 4.72. The third kappa shape index (κ3) is 5.06. The van der Waals surface area contributed by atoms with Gasteiger partial charge in [0.1, 0.15) is 11.5 Å². The van der Waals surface area contributed by atoms with Crippen LogP contribution in [0.1, 0.15) is 5.69 Å². The van der Waals surface area contributed by atoms with Crippen LogP contribution in [-0.4, -0.2) is 54.9 Å². The first-order valence-electron chi connectivity index (χ1n) is 8.97. The van der Waals surface area contributed by atoms with Gasteiger partial charge >= 0.3 is 0 Å². The highest BCUT2D eigenvalue weighted by molar-refractivity contribution is 8.00. The van der Waals surface area contributed by atoms with Gasteiger partial charge in [-0.2, -0.15) is 0 Å². The van der Waals surface area contributed by atoms with Crippen molar-refractivity contribution in [3.05, 3.63) is 34.2 Å². The molecular weight excluding hydrogens is 414 g/mol. The van der Waals surface area contributed by atoms with Gasteiger partial charge in [-0.3, -0.25) is 14.2 Å².